The number of benzene rings is 2. The van der Waals surface area contributed by atoms with Gasteiger partial charge in [0, 0.05) is 19.7 Å². The van der Waals surface area contributed by atoms with Crippen LogP contribution in [0.2, 0.25) is 0 Å². The van der Waals surface area contributed by atoms with Gasteiger partial charge in [0.2, 0.25) is 0 Å². The molecule has 2 aromatic carbocycles. The van der Waals surface area contributed by atoms with Gasteiger partial charge in [0.25, 0.3) is 5.91 Å². The zero-order valence-corrected chi connectivity index (χ0v) is 17.1. The monoisotopic (exact) mass is 417 g/mol. The molecule has 1 fully saturated rings. The lowest BCUT2D eigenvalue weighted by atomic mass is 9.77. The second-order valence-electron chi connectivity index (χ2n) is 8.49. The summed E-state index contributed by atoms with van der Waals surface area (Å²) in [5, 5.41) is 24.6. The second kappa shape index (κ2) is 6.43. The quantitative estimate of drug-likeness (QED) is 0.739. The van der Waals surface area contributed by atoms with E-state index in [2.05, 4.69) is 29.3 Å². The third kappa shape index (κ3) is 2.31. The Balaban J connectivity index is 1.64. The van der Waals surface area contributed by atoms with E-state index in [1.807, 2.05) is 24.3 Å². The Kier molecular flexibility index (Phi) is 3.87. The van der Waals surface area contributed by atoms with Gasteiger partial charge in [-0.2, -0.15) is 5.01 Å². The summed E-state index contributed by atoms with van der Waals surface area (Å²) in [4.78, 5) is 14.6. The summed E-state index contributed by atoms with van der Waals surface area (Å²) < 4.78 is 6.43. The number of likely N-dealkylation sites (N-methyl/N-ethyl adjacent to an activating group) is 1. The first kappa shape index (κ1) is 18.6. The van der Waals surface area contributed by atoms with Crippen molar-refractivity contribution >= 4 is 5.91 Å². The van der Waals surface area contributed by atoms with Crippen LogP contribution in [0, 0.1) is 0 Å². The molecule has 0 saturated carbocycles. The molecule has 7 nitrogen and oxygen atoms in total. The third-order valence-electron chi connectivity index (χ3n) is 6.89. The average molecular weight is 417 g/mol. The van der Waals surface area contributed by atoms with Gasteiger partial charge in [0.05, 0.1) is 19.4 Å². The summed E-state index contributed by atoms with van der Waals surface area (Å²) in [6.45, 7) is 0.834. The molecule has 0 spiro atoms. The number of aliphatic hydroxyl groups excluding tert-OH is 2. The number of carbonyl (C=O) groups excluding carboxylic acids is 1. The molecule has 2 aromatic rings. The number of carbonyl (C=O) groups is 1. The molecule has 158 valence electrons. The Bertz CT molecular complexity index is 1160. The van der Waals surface area contributed by atoms with E-state index in [0.717, 1.165) is 23.1 Å². The highest BCUT2D eigenvalue weighted by molar-refractivity contribution is 5.94. The molecule has 3 heterocycles. The maximum absolute atomic E-state index is 13.0. The minimum Gasteiger partial charge on any atom is -0.507 e. The fourth-order valence-electron chi connectivity index (χ4n) is 5.53. The lowest BCUT2D eigenvalue weighted by molar-refractivity contribution is -0.178. The number of aliphatic hydroxyl groups is 2. The average Bonchev–Trinajstić information content (AvgIpc) is 3.14. The van der Waals surface area contributed by atoms with Gasteiger partial charge in [0.1, 0.15) is 11.6 Å². The lowest BCUT2D eigenvalue weighted by Crippen LogP contribution is -2.67. The van der Waals surface area contributed by atoms with Gasteiger partial charge in [-0.3, -0.25) is 9.80 Å². The van der Waals surface area contributed by atoms with Crippen molar-refractivity contribution in [3.8, 4) is 0 Å². The second-order valence-corrected chi connectivity index (χ2v) is 8.49. The summed E-state index contributed by atoms with van der Waals surface area (Å²) in [5.41, 5.74) is 3.97. The summed E-state index contributed by atoms with van der Waals surface area (Å²) in [5.74, 6) is -0.672. The Labute approximate surface area is 180 Å². The number of nitrogens with zero attached hydrogens (tertiary/aromatic N) is 3. The molecule has 3 unspecified atom stereocenters. The highest BCUT2D eigenvalue weighted by Gasteiger charge is 2.59. The first-order valence-corrected chi connectivity index (χ1v) is 10.4. The number of hydrogen-bond donors (Lipinski definition) is 2. The molecule has 7 heteroatoms. The standard InChI is InChI=1S/C24H23N3O4/c1-25-14-27(26-11-10-19(28)22(29)21(26)23(25)30)24-17-8-4-2-6-15(17)12-20(24)31-13-16-7-3-5-9-18(16)24/h2-11,19-20,28-29H,12-14H2,1H3. The Hall–Kier alpha value is -3.13. The fourth-order valence-corrected chi connectivity index (χ4v) is 5.53. The molecule has 3 atom stereocenters. The van der Waals surface area contributed by atoms with Gasteiger partial charge < -0.3 is 19.8 Å². The Morgan fingerprint density at radius 1 is 1.06 bits per heavy atom. The molecular weight excluding hydrogens is 394 g/mol. The highest BCUT2D eigenvalue weighted by atomic mass is 16.5. The van der Waals surface area contributed by atoms with Crippen LogP contribution in [0.25, 0.3) is 0 Å². The molecule has 1 amide bonds. The van der Waals surface area contributed by atoms with Crippen LogP contribution in [-0.2, 0) is 28.1 Å². The van der Waals surface area contributed by atoms with E-state index < -0.39 is 11.6 Å². The van der Waals surface area contributed by atoms with Crippen LogP contribution < -0.4 is 0 Å². The fraction of sp³-hybridized carbons (Fsp3) is 0.292. The van der Waals surface area contributed by atoms with Crippen LogP contribution >= 0.6 is 0 Å². The zero-order chi connectivity index (χ0) is 21.3. The predicted octanol–water partition coefficient (Wildman–Crippen LogP) is 1.99. The van der Waals surface area contributed by atoms with Gasteiger partial charge in [-0.05, 0) is 28.3 Å². The van der Waals surface area contributed by atoms with Crippen molar-refractivity contribution in [1.29, 1.82) is 0 Å². The van der Waals surface area contributed by atoms with Crippen LogP contribution in [0.5, 0.6) is 0 Å². The number of amides is 1. The van der Waals surface area contributed by atoms with Crippen molar-refractivity contribution in [3.63, 3.8) is 0 Å². The number of hydrazine groups is 1. The Morgan fingerprint density at radius 2 is 1.74 bits per heavy atom. The van der Waals surface area contributed by atoms with E-state index in [9.17, 15) is 15.0 Å². The van der Waals surface area contributed by atoms with E-state index >= 15 is 0 Å². The predicted molar refractivity (Wildman–Crippen MR) is 112 cm³/mol. The number of ether oxygens (including phenoxy) is 1. The van der Waals surface area contributed by atoms with E-state index in [1.165, 1.54) is 11.6 Å². The largest absolute Gasteiger partial charge is 0.507 e. The van der Waals surface area contributed by atoms with Crippen molar-refractivity contribution < 1.29 is 19.7 Å². The first-order chi connectivity index (χ1) is 15.0. The van der Waals surface area contributed by atoms with Gasteiger partial charge in [-0.15, -0.1) is 0 Å². The molecule has 31 heavy (non-hydrogen) atoms. The van der Waals surface area contributed by atoms with E-state index in [-0.39, 0.29) is 23.5 Å². The number of rotatable bonds is 1. The summed E-state index contributed by atoms with van der Waals surface area (Å²) in [7, 11) is 1.71. The minimum atomic E-state index is -1.21. The molecule has 1 aliphatic carbocycles. The topological polar surface area (TPSA) is 76.5 Å². The highest BCUT2D eigenvalue weighted by Crippen LogP contribution is 2.53. The van der Waals surface area contributed by atoms with Crippen molar-refractivity contribution in [2.75, 3.05) is 13.7 Å². The maximum Gasteiger partial charge on any atom is 0.276 e. The van der Waals surface area contributed by atoms with Gasteiger partial charge in [-0.25, -0.2) is 0 Å². The van der Waals surface area contributed by atoms with Crippen molar-refractivity contribution in [2.24, 2.45) is 0 Å². The molecule has 0 radical (unpaired) electrons. The molecule has 0 aromatic heterocycles. The van der Waals surface area contributed by atoms with Crippen molar-refractivity contribution in [1.82, 2.24) is 14.9 Å². The van der Waals surface area contributed by atoms with Crippen LogP contribution in [-0.4, -0.2) is 57.0 Å². The van der Waals surface area contributed by atoms with Crippen LogP contribution in [0.15, 0.2) is 72.3 Å². The lowest BCUT2D eigenvalue weighted by Gasteiger charge is -2.56. The number of fused-ring (bicyclic) bond motifs is 6. The van der Waals surface area contributed by atoms with E-state index in [1.54, 1.807) is 23.2 Å². The van der Waals surface area contributed by atoms with Gasteiger partial charge in [0.15, 0.2) is 11.5 Å². The molecule has 4 aliphatic rings. The van der Waals surface area contributed by atoms with Crippen molar-refractivity contribution in [2.45, 2.75) is 30.8 Å². The first-order valence-electron chi connectivity index (χ1n) is 10.4. The van der Waals surface area contributed by atoms with Crippen LogP contribution in [0.3, 0.4) is 0 Å². The van der Waals surface area contributed by atoms with Gasteiger partial charge in [-0.1, -0.05) is 48.5 Å². The molecule has 0 bridgehead atoms. The Morgan fingerprint density at radius 3 is 2.52 bits per heavy atom. The van der Waals surface area contributed by atoms with Crippen LogP contribution in [0.1, 0.15) is 22.3 Å². The summed E-state index contributed by atoms with van der Waals surface area (Å²) >= 11 is 0. The molecule has 6 rings (SSSR count). The molecule has 1 saturated heterocycles. The normalized spacial score (nSPS) is 29.5. The zero-order valence-electron chi connectivity index (χ0n) is 17.1. The SMILES string of the molecule is CN1CN(C23c4ccccc4COC2Cc2ccccc23)N2C=CC(O)C(O)=C2C1=O. The van der Waals surface area contributed by atoms with Crippen molar-refractivity contribution in [3.05, 3.63) is 94.5 Å². The maximum atomic E-state index is 13.0. The summed E-state index contributed by atoms with van der Waals surface area (Å²) in [6, 6.07) is 16.6. The minimum absolute atomic E-state index is 0.0734. The summed E-state index contributed by atoms with van der Waals surface area (Å²) in [6.07, 6.45) is 2.55. The van der Waals surface area contributed by atoms with E-state index in [4.69, 9.17) is 4.74 Å². The molecular formula is C24H23N3O4. The van der Waals surface area contributed by atoms with Gasteiger partial charge >= 0.3 is 0 Å². The number of hydrogen-bond acceptors (Lipinski definition) is 6. The molecule has 3 aliphatic heterocycles. The smallest absolute Gasteiger partial charge is 0.276 e. The van der Waals surface area contributed by atoms with E-state index in [0.29, 0.717) is 13.3 Å². The molecule has 2 N–H and O–H groups in total. The van der Waals surface area contributed by atoms with Crippen LogP contribution in [0.4, 0.5) is 0 Å². The third-order valence-corrected chi connectivity index (χ3v) is 6.89.